The van der Waals surface area contributed by atoms with Gasteiger partial charge >= 0.3 is 0 Å². The van der Waals surface area contributed by atoms with Crippen LogP contribution < -0.4 is 5.32 Å². The first-order valence-electron chi connectivity index (χ1n) is 4.91. The van der Waals surface area contributed by atoms with Crippen molar-refractivity contribution in [2.24, 2.45) is 7.05 Å². The molecule has 1 rings (SSSR count). The van der Waals surface area contributed by atoms with Crippen LogP contribution in [-0.2, 0) is 13.6 Å². The molecule has 0 saturated carbocycles. The first kappa shape index (κ1) is 11.8. The van der Waals surface area contributed by atoms with Gasteiger partial charge in [0.25, 0.3) is 0 Å². The molecule has 4 nitrogen and oxygen atoms in total. The molecular formula is C11H17N3O. The first-order chi connectivity index (χ1) is 6.92. The minimum absolute atomic E-state index is 0.532. The highest BCUT2D eigenvalue weighted by Gasteiger charge is 2.11. The monoisotopic (exact) mass is 207 g/mol. The molecule has 0 aromatic carbocycles. The topological polar surface area (TPSA) is 61.0 Å². The van der Waals surface area contributed by atoms with Crippen molar-refractivity contribution in [3.63, 3.8) is 0 Å². The highest BCUT2D eigenvalue weighted by Crippen LogP contribution is 2.06. The van der Waals surface area contributed by atoms with Crippen LogP contribution in [0.25, 0.3) is 0 Å². The van der Waals surface area contributed by atoms with Gasteiger partial charge in [-0.2, -0.15) is 5.26 Å². The summed E-state index contributed by atoms with van der Waals surface area (Å²) >= 11 is 0. The molecule has 15 heavy (non-hydrogen) atoms. The van der Waals surface area contributed by atoms with Crippen molar-refractivity contribution in [2.75, 3.05) is 6.54 Å². The fourth-order valence-corrected chi connectivity index (χ4v) is 1.35. The number of aromatic nitrogens is 1. The normalized spacial score (nSPS) is 11.4. The Morgan fingerprint density at radius 1 is 1.60 bits per heavy atom. The number of nitriles is 1. The molecule has 1 aromatic heterocycles. The van der Waals surface area contributed by atoms with Crippen LogP contribution in [-0.4, -0.2) is 21.8 Å². The third-order valence-corrected chi connectivity index (χ3v) is 2.06. The molecule has 0 fully saturated rings. The maximum atomic E-state index is 9.48. The molecule has 1 aromatic rings. The Hall–Kier alpha value is -1.31. The zero-order valence-electron chi connectivity index (χ0n) is 9.41. The molecule has 0 saturated heterocycles. The highest BCUT2D eigenvalue weighted by molar-refractivity contribution is 5.28. The lowest BCUT2D eigenvalue weighted by molar-refractivity contribution is 0.0795. The Morgan fingerprint density at radius 2 is 2.27 bits per heavy atom. The summed E-state index contributed by atoms with van der Waals surface area (Å²) in [4.78, 5) is 0. The van der Waals surface area contributed by atoms with Crippen LogP contribution in [0.15, 0.2) is 12.3 Å². The molecule has 82 valence electrons. The average molecular weight is 207 g/mol. The van der Waals surface area contributed by atoms with Crippen LogP contribution in [0.2, 0.25) is 0 Å². The lowest BCUT2D eigenvalue weighted by Crippen LogP contribution is -2.34. The zero-order chi connectivity index (χ0) is 11.5. The summed E-state index contributed by atoms with van der Waals surface area (Å²) < 4.78 is 1.79. The van der Waals surface area contributed by atoms with Crippen LogP contribution >= 0.6 is 0 Å². The third kappa shape index (κ3) is 3.74. The molecule has 2 N–H and O–H groups in total. The van der Waals surface area contributed by atoms with Crippen LogP contribution in [0.4, 0.5) is 0 Å². The fourth-order valence-electron chi connectivity index (χ4n) is 1.35. The summed E-state index contributed by atoms with van der Waals surface area (Å²) in [6, 6.07) is 3.95. The van der Waals surface area contributed by atoms with Crippen molar-refractivity contribution in [1.29, 1.82) is 5.26 Å². The number of hydrogen-bond donors (Lipinski definition) is 2. The van der Waals surface area contributed by atoms with Gasteiger partial charge in [-0.25, -0.2) is 0 Å². The first-order valence-corrected chi connectivity index (χ1v) is 4.91. The van der Waals surface area contributed by atoms with Crippen LogP contribution in [0.3, 0.4) is 0 Å². The van der Waals surface area contributed by atoms with Gasteiger partial charge in [-0.15, -0.1) is 0 Å². The number of hydrogen-bond acceptors (Lipinski definition) is 3. The molecule has 0 aliphatic carbocycles. The molecule has 0 aliphatic heterocycles. The van der Waals surface area contributed by atoms with Gasteiger partial charge in [0, 0.05) is 26.3 Å². The lowest BCUT2D eigenvalue weighted by Gasteiger charge is -2.17. The van der Waals surface area contributed by atoms with Gasteiger partial charge in [0.1, 0.15) is 11.8 Å². The molecule has 1 heterocycles. The Kier molecular flexibility index (Phi) is 3.51. The largest absolute Gasteiger partial charge is 0.389 e. The number of rotatable bonds is 4. The van der Waals surface area contributed by atoms with E-state index in [0.717, 1.165) is 5.56 Å². The maximum absolute atomic E-state index is 9.48. The van der Waals surface area contributed by atoms with Crippen molar-refractivity contribution < 1.29 is 5.11 Å². The van der Waals surface area contributed by atoms with Gasteiger partial charge < -0.3 is 15.0 Å². The molecule has 0 aliphatic rings. The number of nitrogens with one attached hydrogen (secondary N) is 1. The van der Waals surface area contributed by atoms with Crippen molar-refractivity contribution in [2.45, 2.75) is 26.0 Å². The van der Waals surface area contributed by atoms with Crippen molar-refractivity contribution in [3.8, 4) is 6.07 Å². The summed E-state index contributed by atoms with van der Waals surface area (Å²) in [6.07, 6.45) is 1.91. The van der Waals surface area contributed by atoms with E-state index in [1.165, 1.54) is 0 Å². The molecular weight excluding hydrogens is 190 g/mol. The summed E-state index contributed by atoms with van der Waals surface area (Å²) in [6.45, 7) is 4.71. The van der Waals surface area contributed by atoms with E-state index in [1.54, 1.807) is 18.4 Å². The maximum Gasteiger partial charge on any atom is 0.120 e. The van der Waals surface area contributed by atoms with E-state index >= 15 is 0 Å². The Balaban J connectivity index is 2.49. The number of aryl methyl sites for hydroxylation is 1. The molecule has 0 radical (unpaired) electrons. The Morgan fingerprint density at radius 3 is 2.73 bits per heavy atom. The van der Waals surface area contributed by atoms with Gasteiger partial charge in [0.05, 0.1) is 5.60 Å². The van der Waals surface area contributed by atoms with E-state index < -0.39 is 5.60 Å². The van der Waals surface area contributed by atoms with E-state index in [4.69, 9.17) is 5.26 Å². The number of aliphatic hydroxyl groups is 1. The van der Waals surface area contributed by atoms with Crippen molar-refractivity contribution in [1.82, 2.24) is 9.88 Å². The standard InChI is InChI=1S/C11H17N3O/c1-11(2,15)8-13-6-9-4-10(5-12)14(3)7-9/h4,7,13,15H,6,8H2,1-3H3. The summed E-state index contributed by atoms with van der Waals surface area (Å²) in [5.41, 5.74) is 1.00. The SMILES string of the molecule is Cn1cc(CNCC(C)(C)O)cc1C#N. The van der Waals surface area contributed by atoms with Gasteiger partial charge in [0.2, 0.25) is 0 Å². The van der Waals surface area contributed by atoms with Crippen LogP contribution in [0.5, 0.6) is 0 Å². The predicted molar refractivity (Wildman–Crippen MR) is 58.1 cm³/mol. The minimum atomic E-state index is -0.702. The quantitative estimate of drug-likeness (QED) is 0.766. The molecule has 0 atom stereocenters. The molecule has 0 amide bonds. The van der Waals surface area contributed by atoms with E-state index in [0.29, 0.717) is 18.8 Å². The summed E-state index contributed by atoms with van der Waals surface area (Å²) in [5, 5.41) is 21.4. The summed E-state index contributed by atoms with van der Waals surface area (Å²) in [7, 11) is 1.85. The summed E-state index contributed by atoms with van der Waals surface area (Å²) in [5.74, 6) is 0. The van der Waals surface area contributed by atoms with E-state index in [9.17, 15) is 5.11 Å². The Bertz CT molecular complexity index is 368. The van der Waals surface area contributed by atoms with Crippen LogP contribution in [0, 0.1) is 11.3 Å². The highest BCUT2D eigenvalue weighted by atomic mass is 16.3. The van der Waals surface area contributed by atoms with Gasteiger partial charge in [-0.05, 0) is 25.5 Å². The van der Waals surface area contributed by atoms with E-state index in [1.807, 2.05) is 19.3 Å². The fraction of sp³-hybridized carbons (Fsp3) is 0.545. The van der Waals surface area contributed by atoms with Gasteiger partial charge in [-0.3, -0.25) is 0 Å². The second kappa shape index (κ2) is 4.47. The zero-order valence-corrected chi connectivity index (χ0v) is 9.41. The van der Waals surface area contributed by atoms with Crippen LogP contribution in [0.1, 0.15) is 25.1 Å². The van der Waals surface area contributed by atoms with Gasteiger partial charge in [0.15, 0.2) is 0 Å². The smallest absolute Gasteiger partial charge is 0.120 e. The van der Waals surface area contributed by atoms with E-state index in [-0.39, 0.29) is 0 Å². The molecule has 4 heteroatoms. The molecule has 0 unspecified atom stereocenters. The second-order valence-electron chi connectivity index (χ2n) is 4.37. The van der Waals surface area contributed by atoms with Gasteiger partial charge in [-0.1, -0.05) is 0 Å². The molecule has 0 spiro atoms. The third-order valence-electron chi connectivity index (χ3n) is 2.06. The van der Waals surface area contributed by atoms with Crippen molar-refractivity contribution in [3.05, 3.63) is 23.5 Å². The Labute approximate surface area is 90.1 Å². The number of nitrogens with zero attached hydrogens (tertiary/aromatic N) is 2. The molecule has 0 bridgehead atoms. The lowest BCUT2D eigenvalue weighted by atomic mass is 10.1. The second-order valence-corrected chi connectivity index (χ2v) is 4.37. The average Bonchev–Trinajstić information content (AvgIpc) is 2.44. The van der Waals surface area contributed by atoms with Crippen molar-refractivity contribution >= 4 is 0 Å². The van der Waals surface area contributed by atoms with E-state index in [2.05, 4.69) is 11.4 Å². The predicted octanol–water partition coefficient (Wildman–Crippen LogP) is 0.757. The minimum Gasteiger partial charge on any atom is -0.389 e.